The predicted molar refractivity (Wildman–Crippen MR) is 90.2 cm³/mol. The number of amides is 1. The highest BCUT2D eigenvalue weighted by Crippen LogP contribution is 2.25. The van der Waals surface area contributed by atoms with Crippen molar-refractivity contribution < 1.29 is 4.79 Å². The van der Waals surface area contributed by atoms with Gasteiger partial charge in [0.05, 0.1) is 5.75 Å². The summed E-state index contributed by atoms with van der Waals surface area (Å²) < 4.78 is 0.825. The van der Waals surface area contributed by atoms with E-state index in [2.05, 4.69) is 27.8 Å². The Balaban J connectivity index is 1.76. The molecule has 2 heterocycles. The van der Waals surface area contributed by atoms with Crippen LogP contribution in [0.3, 0.4) is 0 Å². The van der Waals surface area contributed by atoms with Gasteiger partial charge in [0, 0.05) is 20.1 Å². The van der Waals surface area contributed by atoms with E-state index in [1.807, 2.05) is 18.5 Å². The van der Waals surface area contributed by atoms with Crippen molar-refractivity contribution in [3.8, 4) is 0 Å². The van der Waals surface area contributed by atoms with Gasteiger partial charge in [0.2, 0.25) is 11.0 Å². The number of carbonyl (C=O) groups is 1. The fourth-order valence-corrected chi connectivity index (χ4v) is 3.93. The maximum absolute atomic E-state index is 12.1. The number of thiophene rings is 1. The van der Waals surface area contributed by atoms with Gasteiger partial charge >= 0.3 is 0 Å². The van der Waals surface area contributed by atoms with Crippen molar-refractivity contribution in [2.75, 3.05) is 24.7 Å². The number of thioether (sulfide) groups is 1. The first-order valence-electron chi connectivity index (χ1n) is 6.64. The summed E-state index contributed by atoms with van der Waals surface area (Å²) in [7, 11) is 1.83. The largest absolute Gasteiger partial charge is 0.360 e. The van der Waals surface area contributed by atoms with Gasteiger partial charge in [-0.15, -0.1) is 10.2 Å². The molecule has 0 aliphatic carbocycles. The van der Waals surface area contributed by atoms with E-state index in [-0.39, 0.29) is 5.91 Å². The Morgan fingerprint density at radius 3 is 3.05 bits per heavy atom. The van der Waals surface area contributed by atoms with Gasteiger partial charge in [-0.1, -0.05) is 30.0 Å². The van der Waals surface area contributed by atoms with Crippen LogP contribution < -0.4 is 5.32 Å². The van der Waals surface area contributed by atoms with Crippen LogP contribution in [0.15, 0.2) is 21.2 Å². The van der Waals surface area contributed by atoms with Crippen LogP contribution in [0.4, 0.5) is 5.13 Å². The molecule has 0 radical (unpaired) electrons. The number of aromatic nitrogens is 2. The van der Waals surface area contributed by atoms with Crippen molar-refractivity contribution >= 4 is 45.5 Å². The number of anilines is 1. The molecule has 0 aliphatic heterocycles. The lowest BCUT2D eigenvalue weighted by molar-refractivity contribution is -0.127. The zero-order valence-corrected chi connectivity index (χ0v) is 14.5. The van der Waals surface area contributed by atoms with Gasteiger partial charge in [0.1, 0.15) is 0 Å². The summed E-state index contributed by atoms with van der Waals surface area (Å²) in [5.41, 5.74) is 1.17. The van der Waals surface area contributed by atoms with Gasteiger partial charge in [0.25, 0.3) is 0 Å². The molecule has 0 aromatic carbocycles. The number of nitrogens with one attached hydrogen (secondary N) is 1. The van der Waals surface area contributed by atoms with Crippen LogP contribution in [0.2, 0.25) is 0 Å². The van der Waals surface area contributed by atoms with E-state index >= 15 is 0 Å². The molecule has 2 aromatic heterocycles. The van der Waals surface area contributed by atoms with Crippen molar-refractivity contribution in [2.24, 2.45) is 0 Å². The Labute approximate surface area is 136 Å². The highest BCUT2D eigenvalue weighted by atomic mass is 32.2. The summed E-state index contributed by atoms with van der Waals surface area (Å²) >= 11 is 4.58. The van der Waals surface area contributed by atoms with Crippen molar-refractivity contribution in [3.05, 3.63) is 22.4 Å². The first-order chi connectivity index (χ1) is 10.2. The average Bonchev–Trinajstić information content (AvgIpc) is 3.14. The predicted octanol–water partition coefficient (Wildman–Crippen LogP) is 3.17. The normalized spacial score (nSPS) is 10.6. The molecule has 0 saturated heterocycles. The van der Waals surface area contributed by atoms with Crippen LogP contribution >= 0.6 is 34.4 Å². The molecule has 0 bridgehead atoms. The lowest BCUT2D eigenvalue weighted by Crippen LogP contribution is -2.27. The molecule has 0 fully saturated rings. The van der Waals surface area contributed by atoms with Crippen LogP contribution in [-0.2, 0) is 11.3 Å². The van der Waals surface area contributed by atoms with E-state index < -0.39 is 0 Å². The molecule has 114 valence electrons. The Hall–Kier alpha value is -1.12. The number of hydrogen-bond donors (Lipinski definition) is 1. The fraction of sp³-hybridized carbons (Fsp3) is 0.462. The molecule has 5 nitrogen and oxygen atoms in total. The standard InChI is InChI=1S/C13H18N4OS3/c1-3-5-14-12-15-16-13(21-12)20-9-11(18)17(2)7-10-4-6-19-8-10/h4,6,8H,3,5,7,9H2,1-2H3,(H,14,15). The molecule has 1 N–H and O–H groups in total. The van der Waals surface area contributed by atoms with E-state index in [0.717, 1.165) is 22.4 Å². The van der Waals surface area contributed by atoms with E-state index in [1.54, 1.807) is 16.2 Å². The molecule has 0 spiro atoms. The van der Waals surface area contributed by atoms with Crippen LogP contribution in [0.1, 0.15) is 18.9 Å². The van der Waals surface area contributed by atoms with Crippen molar-refractivity contribution in [3.63, 3.8) is 0 Å². The highest BCUT2D eigenvalue weighted by molar-refractivity contribution is 8.01. The summed E-state index contributed by atoms with van der Waals surface area (Å²) in [5, 5.41) is 16.2. The van der Waals surface area contributed by atoms with Gasteiger partial charge in [-0.2, -0.15) is 11.3 Å². The van der Waals surface area contributed by atoms with Crippen molar-refractivity contribution in [1.29, 1.82) is 0 Å². The molecule has 0 aliphatic rings. The smallest absolute Gasteiger partial charge is 0.233 e. The minimum atomic E-state index is 0.101. The molecule has 0 atom stereocenters. The quantitative estimate of drug-likeness (QED) is 0.747. The van der Waals surface area contributed by atoms with Gasteiger partial charge in [0.15, 0.2) is 4.34 Å². The maximum atomic E-state index is 12.1. The molecule has 1 amide bonds. The van der Waals surface area contributed by atoms with Crippen molar-refractivity contribution in [1.82, 2.24) is 15.1 Å². The van der Waals surface area contributed by atoms with Crippen molar-refractivity contribution in [2.45, 2.75) is 24.2 Å². The third-order valence-electron chi connectivity index (χ3n) is 2.68. The second-order valence-electron chi connectivity index (χ2n) is 4.47. The van der Waals surface area contributed by atoms with E-state index in [4.69, 9.17) is 0 Å². The van der Waals surface area contributed by atoms with Gasteiger partial charge in [-0.05, 0) is 28.8 Å². The summed E-state index contributed by atoms with van der Waals surface area (Å²) in [6.07, 6.45) is 1.05. The lowest BCUT2D eigenvalue weighted by atomic mass is 10.3. The first-order valence-corrected chi connectivity index (χ1v) is 9.38. The summed E-state index contributed by atoms with van der Waals surface area (Å²) in [6.45, 7) is 3.65. The molecule has 2 rings (SSSR count). The minimum Gasteiger partial charge on any atom is -0.360 e. The Morgan fingerprint density at radius 1 is 1.48 bits per heavy atom. The Kier molecular flexibility index (Phi) is 6.47. The van der Waals surface area contributed by atoms with Crippen LogP contribution in [-0.4, -0.2) is 40.3 Å². The number of carbonyl (C=O) groups excluding carboxylic acids is 1. The monoisotopic (exact) mass is 342 g/mol. The SMILES string of the molecule is CCCNc1nnc(SCC(=O)N(C)Cc2ccsc2)s1. The Morgan fingerprint density at radius 2 is 2.33 bits per heavy atom. The second kappa shape index (κ2) is 8.35. The molecule has 21 heavy (non-hydrogen) atoms. The third kappa shape index (κ3) is 5.29. The van der Waals surface area contributed by atoms with E-state index in [0.29, 0.717) is 12.3 Å². The summed E-state index contributed by atoms with van der Waals surface area (Å²) in [4.78, 5) is 13.8. The lowest BCUT2D eigenvalue weighted by Gasteiger charge is -2.15. The summed E-state index contributed by atoms with van der Waals surface area (Å²) in [5.74, 6) is 0.493. The van der Waals surface area contributed by atoms with Gasteiger partial charge in [-0.3, -0.25) is 4.79 Å². The third-order valence-corrected chi connectivity index (χ3v) is 5.41. The second-order valence-corrected chi connectivity index (χ2v) is 7.45. The topological polar surface area (TPSA) is 58.1 Å². The minimum absolute atomic E-state index is 0.101. The Bertz CT molecular complexity index is 556. The zero-order valence-electron chi connectivity index (χ0n) is 12.0. The van der Waals surface area contributed by atoms with Crippen LogP contribution in [0.25, 0.3) is 0 Å². The van der Waals surface area contributed by atoms with Crippen LogP contribution in [0, 0.1) is 0 Å². The van der Waals surface area contributed by atoms with Gasteiger partial charge in [-0.25, -0.2) is 0 Å². The average molecular weight is 343 g/mol. The molecular weight excluding hydrogens is 324 g/mol. The number of rotatable bonds is 8. The highest BCUT2D eigenvalue weighted by Gasteiger charge is 2.12. The van der Waals surface area contributed by atoms with Gasteiger partial charge < -0.3 is 10.2 Å². The molecule has 8 heteroatoms. The van der Waals surface area contributed by atoms with Crippen LogP contribution in [0.5, 0.6) is 0 Å². The molecular formula is C13H18N4OS3. The summed E-state index contributed by atoms with van der Waals surface area (Å²) in [6, 6.07) is 2.04. The zero-order chi connectivity index (χ0) is 15.1. The van der Waals surface area contributed by atoms with E-state index in [1.165, 1.54) is 28.7 Å². The number of hydrogen-bond acceptors (Lipinski definition) is 7. The maximum Gasteiger partial charge on any atom is 0.233 e. The molecule has 0 saturated carbocycles. The molecule has 2 aromatic rings. The number of nitrogens with zero attached hydrogens (tertiary/aromatic N) is 3. The van der Waals surface area contributed by atoms with E-state index in [9.17, 15) is 4.79 Å². The first kappa shape index (κ1) is 16.3. The molecule has 0 unspecified atom stereocenters. The fourth-order valence-electron chi connectivity index (χ4n) is 1.55.